The summed E-state index contributed by atoms with van der Waals surface area (Å²) in [4.78, 5) is 26.9. The molecule has 3 aromatic rings. The fourth-order valence-corrected chi connectivity index (χ4v) is 2.69. The zero-order valence-electron chi connectivity index (χ0n) is 14.1. The van der Waals surface area contributed by atoms with E-state index in [0.29, 0.717) is 24.2 Å². The first-order chi connectivity index (χ1) is 11.7. The lowest BCUT2D eigenvalue weighted by Crippen LogP contribution is -2.29. The largest absolute Gasteiger partial charge is 0.330 e. The molecule has 140 valence electrons. The molecule has 1 aromatic heterocycles. The Balaban J connectivity index is 0.00000169. The van der Waals surface area contributed by atoms with Gasteiger partial charge in [0.2, 0.25) is 5.91 Å². The number of benzene rings is 2. The highest BCUT2D eigenvalue weighted by atomic mass is 35.5. The van der Waals surface area contributed by atoms with Gasteiger partial charge in [0.05, 0.1) is 6.54 Å². The van der Waals surface area contributed by atoms with Crippen LogP contribution in [0.25, 0.3) is 21.7 Å². The number of nitrogens with two attached hydrogens (primary N) is 1. The average molecular weight is 397 g/mol. The van der Waals surface area contributed by atoms with Crippen LogP contribution >= 0.6 is 24.8 Å². The minimum absolute atomic E-state index is 0. The van der Waals surface area contributed by atoms with Crippen LogP contribution in [-0.2, 0) is 4.79 Å². The molecule has 0 atom stereocenters. The Hall–Kier alpha value is -2.12. The fourth-order valence-electron chi connectivity index (χ4n) is 2.69. The first kappa shape index (κ1) is 21.9. The third-order valence-corrected chi connectivity index (χ3v) is 3.86. The summed E-state index contributed by atoms with van der Waals surface area (Å²) in [6, 6.07) is 12.9. The highest BCUT2D eigenvalue weighted by Crippen LogP contribution is 2.24. The van der Waals surface area contributed by atoms with Gasteiger partial charge in [-0.25, -0.2) is 0 Å². The van der Waals surface area contributed by atoms with Crippen molar-refractivity contribution in [2.45, 2.75) is 6.42 Å². The molecule has 0 radical (unpaired) electrons. The second kappa shape index (κ2) is 10.1. The summed E-state index contributed by atoms with van der Waals surface area (Å²) in [6.07, 6.45) is 0.836. The third kappa shape index (κ3) is 4.95. The Labute approximate surface area is 163 Å². The molecule has 0 aliphatic heterocycles. The van der Waals surface area contributed by atoms with E-state index in [1.807, 2.05) is 24.3 Å². The number of carbonyl (C=O) groups excluding carboxylic acids is 1. The summed E-state index contributed by atoms with van der Waals surface area (Å²) in [7, 11) is 0. The van der Waals surface area contributed by atoms with Gasteiger partial charge in [-0.2, -0.15) is 0 Å². The molecule has 0 bridgehead atoms. The number of aromatic amines is 1. The number of anilines is 1. The lowest BCUT2D eigenvalue weighted by molar-refractivity contribution is -0.115. The van der Waals surface area contributed by atoms with Crippen molar-refractivity contribution in [1.29, 1.82) is 0 Å². The van der Waals surface area contributed by atoms with Crippen molar-refractivity contribution in [2.75, 3.05) is 25.0 Å². The van der Waals surface area contributed by atoms with E-state index in [4.69, 9.17) is 5.73 Å². The number of amides is 1. The van der Waals surface area contributed by atoms with Crippen molar-refractivity contribution in [1.82, 2.24) is 10.3 Å². The molecule has 0 fully saturated rings. The topological polar surface area (TPSA) is 100 Å². The quantitative estimate of drug-likeness (QED) is 0.379. The third-order valence-electron chi connectivity index (χ3n) is 3.86. The molecular formula is C18H22Cl2N4O2. The molecule has 0 saturated heterocycles. The molecule has 5 N–H and O–H groups in total. The van der Waals surface area contributed by atoms with Crippen LogP contribution in [-0.4, -0.2) is 30.5 Å². The number of hydrogen-bond acceptors (Lipinski definition) is 4. The molecule has 0 unspecified atom stereocenters. The highest BCUT2D eigenvalue weighted by molar-refractivity contribution is 6.07. The molecule has 0 saturated carbocycles. The van der Waals surface area contributed by atoms with E-state index < -0.39 is 0 Å². The summed E-state index contributed by atoms with van der Waals surface area (Å²) in [5.41, 5.74) is 6.75. The molecule has 6 nitrogen and oxygen atoms in total. The monoisotopic (exact) mass is 396 g/mol. The Morgan fingerprint density at radius 1 is 1.04 bits per heavy atom. The number of fused-ring (bicyclic) bond motifs is 3. The average Bonchev–Trinajstić information content (AvgIpc) is 2.60. The SMILES string of the molecule is Cl.Cl.NCCCNCC(=O)Nc1ccc2[nH]c(=O)c3ccccc3c2c1. The molecule has 0 spiro atoms. The van der Waals surface area contributed by atoms with Gasteiger partial charge < -0.3 is 21.4 Å². The van der Waals surface area contributed by atoms with Gasteiger partial charge in [0.1, 0.15) is 0 Å². The number of aromatic nitrogens is 1. The van der Waals surface area contributed by atoms with Crippen molar-refractivity contribution in [3.05, 3.63) is 52.8 Å². The maximum absolute atomic E-state index is 12.1. The highest BCUT2D eigenvalue weighted by Gasteiger charge is 2.07. The molecule has 2 aromatic carbocycles. The number of H-pyrrole nitrogens is 1. The Kier molecular flexibility index (Phi) is 8.54. The maximum Gasteiger partial charge on any atom is 0.256 e. The van der Waals surface area contributed by atoms with E-state index in [0.717, 1.165) is 22.7 Å². The Bertz CT molecular complexity index is 943. The smallest absolute Gasteiger partial charge is 0.256 e. The minimum Gasteiger partial charge on any atom is -0.330 e. The van der Waals surface area contributed by atoms with E-state index in [-0.39, 0.29) is 42.8 Å². The molecule has 1 heterocycles. The molecule has 0 aliphatic carbocycles. The normalized spacial score (nSPS) is 10.2. The van der Waals surface area contributed by atoms with Crippen molar-refractivity contribution in [3.63, 3.8) is 0 Å². The zero-order valence-corrected chi connectivity index (χ0v) is 15.7. The van der Waals surface area contributed by atoms with Gasteiger partial charge in [-0.05, 0) is 49.2 Å². The van der Waals surface area contributed by atoms with E-state index in [1.165, 1.54) is 0 Å². The summed E-state index contributed by atoms with van der Waals surface area (Å²) >= 11 is 0. The van der Waals surface area contributed by atoms with Crippen LogP contribution in [0.4, 0.5) is 5.69 Å². The number of carbonyl (C=O) groups is 1. The number of halogens is 2. The summed E-state index contributed by atoms with van der Waals surface area (Å²) in [6.45, 7) is 1.56. The lowest BCUT2D eigenvalue weighted by Gasteiger charge is -2.09. The van der Waals surface area contributed by atoms with Crippen LogP contribution in [0.5, 0.6) is 0 Å². The van der Waals surface area contributed by atoms with Gasteiger partial charge in [-0.15, -0.1) is 24.8 Å². The van der Waals surface area contributed by atoms with Crippen LogP contribution < -0.4 is 21.9 Å². The lowest BCUT2D eigenvalue weighted by atomic mass is 10.1. The number of hydrogen-bond donors (Lipinski definition) is 4. The van der Waals surface area contributed by atoms with Crippen LogP contribution in [0.15, 0.2) is 47.3 Å². The van der Waals surface area contributed by atoms with E-state index >= 15 is 0 Å². The maximum atomic E-state index is 12.1. The summed E-state index contributed by atoms with van der Waals surface area (Å²) in [5, 5.41) is 8.31. The van der Waals surface area contributed by atoms with Crippen molar-refractivity contribution >= 4 is 58.1 Å². The Morgan fingerprint density at radius 3 is 2.50 bits per heavy atom. The second-order valence-corrected chi connectivity index (χ2v) is 5.63. The first-order valence-corrected chi connectivity index (χ1v) is 7.94. The van der Waals surface area contributed by atoms with Gasteiger partial charge in [0, 0.05) is 22.0 Å². The van der Waals surface area contributed by atoms with Crippen molar-refractivity contribution in [2.24, 2.45) is 5.73 Å². The number of nitrogens with one attached hydrogen (secondary N) is 3. The number of pyridine rings is 1. The number of rotatable bonds is 6. The molecule has 0 aliphatic rings. The predicted molar refractivity (Wildman–Crippen MR) is 112 cm³/mol. The second-order valence-electron chi connectivity index (χ2n) is 5.63. The van der Waals surface area contributed by atoms with Crippen molar-refractivity contribution in [3.8, 4) is 0 Å². The van der Waals surface area contributed by atoms with Gasteiger partial charge in [-0.1, -0.05) is 18.2 Å². The summed E-state index contributed by atoms with van der Waals surface area (Å²) in [5.74, 6) is -0.111. The van der Waals surface area contributed by atoms with Gasteiger partial charge >= 0.3 is 0 Å². The van der Waals surface area contributed by atoms with E-state index in [1.54, 1.807) is 18.2 Å². The molecule has 8 heteroatoms. The Morgan fingerprint density at radius 2 is 1.77 bits per heavy atom. The summed E-state index contributed by atoms with van der Waals surface area (Å²) < 4.78 is 0. The van der Waals surface area contributed by atoms with Crippen LogP contribution in [0.3, 0.4) is 0 Å². The molecule has 26 heavy (non-hydrogen) atoms. The van der Waals surface area contributed by atoms with Crippen molar-refractivity contribution < 1.29 is 4.79 Å². The van der Waals surface area contributed by atoms with Crippen LogP contribution in [0.1, 0.15) is 6.42 Å². The molecule has 1 amide bonds. The van der Waals surface area contributed by atoms with E-state index in [9.17, 15) is 9.59 Å². The molecular weight excluding hydrogens is 375 g/mol. The van der Waals surface area contributed by atoms with Gasteiger partial charge in [-0.3, -0.25) is 9.59 Å². The fraction of sp³-hybridized carbons (Fsp3) is 0.222. The first-order valence-electron chi connectivity index (χ1n) is 7.94. The predicted octanol–water partition coefficient (Wildman–Crippen LogP) is 2.40. The zero-order chi connectivity index (χ0) is 16.9. The van der Waals surface area contributed by atoms with Gasteiger partial charge in [0.25, 0.3) is 5.56 Å². The minimum atomic E-state index is -0.112. The van der Waals surface area contributed by atoms with Gasteiger partial charge in [0.15, 0.2) is 0 Å². The van der Waals surface area contributed by atoms with Crippen LogP contribution in [0, 0.1) is 0 Å². The molecule has 3 rings (SSSR count). The van der Waals surface area contributed by atoms with Crippen LogP contribution in [0.2, 0.25) is 0 Å². The van der Waals surface area contributed by atoms with E-state index in [2.05, 4.69) is 15.6 Å². The standard InChI is InChI=1S/C18H20N4O2.2ClH/c19-8-3-9-20-11-17(23)21-12-6-7-16-15(10-12)13-4-1-2-5-14(13)18(24)22-16;;/h1-2,4-7,10,20H,3,8-9,11,19H2,(H,21,23)(H,22,24);2*1H.